The minimum atomic E-state index is -0.00353. The molecule has 184 valence electrons. The fourth-order valence-corrected chi connectivity index (χ4v) is 5.51. The van der Waals surface area contributed by atoms with Crippen molar-refractivity contribution in [1.29, 1.82) is 0 Å². The highest BCUT2D eigenvalue weighted by atomic mass is 16.5. The molecule has 2 unspecified atom stereocenters. The van der Waals surface area contributed by atoms with Gasteiger partial charge in [-0.05, 0) is 39.0 Å². The maximum absolute atomic E-state index is 12.6. The Morgan fingerprint density at radius 3 is 2.68 bits per heavy atom. The van der Waals surface area contributed by atoms with Gasteiger partial charge in [-0.15, -0.1) is 0 Å². The van der Waals surface area contributed by atoms with Crippen LogP contribution in [0, 0.1) is 6.92 Å². The molecule has 2 aromatic heterocycles. The molecule has 34 heavy (non-hydrogen) atoms. The highest BCUT2D eigenvalue weighted by molar-refractivity contribution is 5.77. The smallest absolute Gasteiger partial charge is 0.230 e. The maximum atomic E-state index is 12.6. The Hall–Kier alpha value is -2.88. The molecule has 0 aliphatic carbocycles. The molecular weight excluding hydrogens is 434 g/mol. The molecule has 0 aromatic carbocycles. The molecule has 4 atom stereocenters. The molecule has 0 spiro atoms. The Bertz CT molecular complexity index is 992. The molecule has 0 radical (unpaired) electrons. The van der Waals surface area contributed by atoms with E-state index in [4.69, 9.17) is 19.4 Å². The summed E-state index contributed by atoms with van der Waals surface area (Å²) in [5, 5.41) is 10.5. The van der Waals surface area contributed by atoms with E-state index in [9.17, 15) is 4.79 Å². The number of carbonyl (C=O) groups is 1. The molecule has 5 heterocycles. The van der Waals surface area contributed by atoms with E-state index in [2.05, 4.69) is 32.4 Å². The van der Waals surface area contributed by atoms with E-state index >= 15 is 0 Å². The quantitative estimate of drug-likeness (QED) is 0.637. The van der Waals surface area contributed by atoms with Crippen molar-refractivity contribution in [2.45, 2.75) is 83.0 Å². The lowest BCUT2D eigenvalue weighted by atomic mass is 9.81. The first kappa shape index (κ1) is 22.9. The van der Waals surface area contributed by atoms with Crippen LogP contribution in [0.2, 0.25) is 0 Å². The van der Waals surface area contributed by atoms with E-state index < -0.39 is 0 Å². The molecule has 5 rings (SSSR count). The molecule has 2 N–H and O–H groups in total. The summed E-state index contributed by atoms with van der Waals surface area (Å²) in [6.45, 7) is 5.20. The number of H-pyrrole nitrogens is 1. The Labute approximate surface area is 200 Å². The monoisotopic (exact) mass is 469 g/mol. The van der Waals surface area contributed by atoms with Crippen LogP contribution in [0.5, 0.6) is 5.88 Å². The van der Waals surface area contributed by atoms with Crippen molar-refractivity contribution in [3.63, 3.8) is 0 Å². The highest BCUT2D eigenvalue weighted by Crippen LogP contribution is 2.37. The van der Waals surface area contributed by atoms with Crippen molar-refractivity contribution in [1.82, 2.24) is 25.1 Å². The van der Waals surface area contributed by atoms with Crippen molar-refractivity contribution < 1.29 is 14.3 Å². The predicted octanol–water partition coefficient (Wildman–Crippen LogP) is 3.18. The van der Waals surface area contributed by atoms with Crippen molar-refractivity contribution in [2.24, 2.45) is 0 Å². The molecule has 3 aliphatic rings. The number of carbonyl (C=O) groups excluding carboxylic acids is 1. The number of aryl methyl sites for hydroxylation is 1. The van der Waals surface area contributed by atoms with Crippen LogP contribution in [0.3, 0.4) is 0 Å². The zero-order valence-corrected chi connectivity index (χ0v) is 20.3. The number of aromatic nitrogens is 4. The van der Waals surface area contributed by atoms with Gasteiger partial charge in [0.15, 0.2) is 5.82 Å². The zero-order chi connectivity index (χ0) is 23.7. The molecule has 10 nitrogen and oxygen atoms in total. The first-order valence-corrected chi connectivity index (χ1v) is 12.5. The average Bonchev–Trinajstić information content (AvgIpc) is 3.48. The van der Waals surface area contributed by atoms with Gasteiger partial charge in [0.05, 0.1) is 13.2 Å². The van der Waals surface area contributed by atoms with Crippen LogP contribution in [0.15, 0.2) is 12.1 Å². The summed E-state index contributed by atoms with van der Waals surface area (Å²) in [5.74, 6) is 2.75. The molecule has 3 aliphatic heterocycles. The summed E-state index contributed by atoms with van der Waals surface area (Å²) in [6, 6.07) is 4.61. The van der Waals surface area contributed by atoms with Crippen LogP contribution in [0.1, 0.15) is 57.6 Å². The normalized spacial score (nSPS) is 26.4. The number of anilines is 3. The lowest BCUT2D eigenvalue weighted by Gasteiger charge is -2.50. The summed E-state index contributed by atoms with van der Waals surface area (Å²) in [7, 11) is 2.05. The fraction of sp³-hybridized carbons (Fsp3) is 0.667. The number of nitrogens with zero attached hydrogens (tertiary/aromatic N) is 5. The van der Waals surface area contributed by atoms with Crippen molar-refractivity contribution in [3.8, 4) is 5.88 Å². The van der Waals surface area contributed by atoms with Crippen molar-refractivity contribution in [2.75, 3.05) is 30.5 Å². The number of piperidine rings is 2. The largest absolute Gasteiger partial charge is 0.472 e. The Morgan fingerprint density at radius 2 is 2.03 bits per heavy atom. The van der Waals surface area contributed by atoms with E-state index in [-0.39, 0.29) is 18.1 Å². The van der Waals surface area contributed by atoms with Gasteiger partial charge in [-0.1, -0.05) is 6.92 Å². The number of hydrogen-bond donors (Lipinski definition) is 2. The third-order valence-corrected chi connectivity index (χ3v) is 7.23. The molecule has 2 bridgehead atoms. The number of fused-ring (bicyclic) bond motifs is 2. The van der Waals surface area contributed by atoms with Crippen molar-refractivity contribution in [3.05, 3.63) is 17.8 Å². The van der Waals surface area contributed by atoms with Gasteiger partial charge in [-0.2, -0.15) is 15.1 Å². The minimum absolute atomic E-state index is 0.00353. The van der Waals surface area contributed by atoms with E-state index in [0.29, 0.717) is 55.2 Å². The molecule has 0 saturated carbocycles. The third kappa shape index (κ3) is 4.82. The van der Waals surface area contributed by atoms with Crippen LogP contribution >= 0.6 is 0 Å². The molecule has 3 fully saturated rings. The SMILES string of the molecule is CCC(=O)N1[C@@H]2CCC[C@H]1CC(N(C)c1nc(Nc3cc(C)[nH]n3)cc(OC3CCOC3)n1)C2. The van der Waals surface area contributed by atoms with Gasteiger partial charge in [0, 0.05) is 55.8 Å². The van der Waals surface area contributed by atoms with Gasteiger partial charge in [-0.3, -0.25) is 9.89 Å². The summed E-state index contributed by atoms with van der Waals surface area (Å²) in [5.41, 5.74) is 0.966. The minimum Gasteiger partial charge on any atom is -0.472 e. The lowest BCUT2D eigenvalue weighted by molar-refractivity contribution is -0.140. The standard InChI is InChI=1S/C24H35N7O3/c1-4-23(32)31-16-6-5-7-17(31)12-18(11-16)30(3)24-26-20(25-21-10-15(2)28-29-21)13-22(27-24)34-19-8-9-33-14-19/h10,13,16-19H,4-9,11-12,14H2,1-3H3,(H2,25,26,27,28,29)/t16-,17+,18?,19?. The van der Waals surface area contributed by atoms with Gasteiger partial charge in [0.25, 0.3) is 0 Å². The number of ether oxygens (including phenoxy) is 2. The van der Waals surface area contributed by atoms with E-state index in [1.54, 1.807) is 0 Å². The summed E-state index contributed by atoms with van der Waals surface area (Å²) < 4.78 is 11.6. The summed E-state index contributed by atoms with van der Waals surface area (Å²) in [6.07, 6.45) is 6.63. The Balaban J connectivity index is 1.38. The number of aromatic amines is 1. The predicted molar refractivity (Wildman–Crippen MR) is 128 cm³/mol. The maximum Gasteiger partial charge on any atom is 0.230 e. The van der Waals surface area contributed by atoms with Gasteiger partial charge in [0.2, 0.25) is 17.7 Å². The number of rotatable bonds is 7. The van der Waals surface area contributed by atoms with Crippen molar-refractivity contribution >= 4 is 23.5 Å². The second kappa shape index (κ2) is 9.77. The van der Waals surface area contributed by atoms with Gasteiger partial charge in [-0.25, -0.2) is 0 Å². The molecule has 3 saturated heterocycles. The second-order valence-corrected chi connectivity index (χ2v) is 9.69. The van der Waals surface area contributed by atoms with Gasteiger partial charge < -0.3 is 24.6 Å². The number of hydrogen-bond acceptors (Lipinski definition) is 8. The molecule has 10 heteroatoms. The van der Waals surface area contributed by atoms with Crippen LogP contribution in [0.25, 0.3) is 0 Å². The first-order valence-electron chi connectivity index (χ1n) is 12.5. The number of amides is 1. The Morgan fingerprint density at radius 1 is 1.24 bits per heavy atom. The van der Waals surface area contributed by atoms with E-state index in [1.165, 1.54) is 6.42 Å². The molecule has 1 amide bonds. The first-order chi connectivity index (χ1) is 16.5. The fourth-order valence-electron chi connectivity index (χ4n) is 5.51. The van der Waals surface area contributed by atoms with E-state index in [0.717, 1.165) is 37.8 Å². The summed E-state index contributed by atoms with van der Waals surface area (Å²) in [4.78, 5) is 26.5. The average molecular weight is 470 g/mol. The van der Waals surface area contributed by atoms with Crippen LogP contribution in [0.4, 0.5) is 17.6 Å². The lowest BCUT2D eigenvalue weighted by Crippen LogP contribution is -2.58. The topological polar surface area (TPSA) is 109 Å². The van der Waals surface area contributed by atoms with Crippen LogP contribution in [-0.2, 0) is 9.53 Å². The Kier molecular flexibility index (Phi) is 6.58. The second-order valence-electron chi connectivity index (χ2n) is 9.69. The van der Waals surface area contributed by atoms with Crippen LogP contribution < -0.4 is 15.0 Å². The van der Waals surface area contributed by atoms with Gasteiger partial charge >= 0.3 is 0 Å². The van der Waals surface area contributed by atoms with E-state index in [1.807, 2.05) is 26.0 Å². The molecule has 2 aromatic rings. The number of nitrogens with one attached hydrogen (secondary N) is 2. The zero-order valence-electron chi connectivity index (χ0n) is 20.3. The highest BCUT2D eigenvalue weighted by Gasteiger charge is 2.41. The van der Waals surface area contributed by atoms with Crippen LogP contribution in [-0.4, -0.2) is 75.5 Å². The molecular formula is C24H35N7O3. The van der Waals surface area contributed by atoms with Gasteiger partial charge in [0.1, 0.15) is 11.9 Å². The third-order valence-electron chi connectivity index (χ3n) is 7.23. The summed E-state index contributed by atoms with van der Waals surface area (Å²) >= 11 is 0.